The summed E-state index contributed by atoms with van der Waals surface area (Å²) in [5.41, 5.74) is 6.96. The van der Waals surface area contributed by atoms with Crippen LogP contribution in [0.5, 0.6) is 0 Å². The van der Waals surface area contributed by atoms with E-state index < -0.39 is 30.7 Å². The molecule has 0 saturated carbocycles. The van der Waals surface area contributed by atoms with Gasteiger partial charge in [-0.25, -0.2) is 31.2 Å². The molecule has 0 bridgehead atoms. The highest BCUT2D eigenvalue weighted by Gasteiger charge is 2.35. The van der Waals surface area contributed by atoms with Crippen molar-refractivity contribution in [3.8, 4) is 22.3 Å². The van der Waals surface area contributed by atoms with Gasteiger partial charge in [0.05, 0.1) is 21.7 Å². The molecule has 2 aromatic carbocycles. The van der Waals surface area contributed by atoms with Crippen molar-refractivity contribution in [2.75, 3.05) is 17.2 Å². The lowest BCUT2D eigenvalue weighted by Crippen LogP contribution is -2.33. The number of nitrogens with two attached hydrogens (primary N) is 1. The maximum absolute atomic E-state index is 14.9. The van der Waals surface area contributed by atoms with Crippen molar-refractivity contribution in [2.45, 2.75) is 23.0 Å². The summed E-state index contributed by atoms with van der Waals surface area (Å²) in [4.78, 5) is 7.80. The van der Waals surface area contributed by atoms with Crippen molar-refractivity contribution in [3.63, 3.8) is 0 Å². The Labute approximate surface area is 192 Å². The molecule has 1 aromatic heterocycles. The molecule has 3 aromatic rings. The fraction of sp³-hybridized carbons (Fsp3) is 0.238. The topological polar surface area (TPSA) is 120 Å². The average molecular weight is 498 g/mol. The fourth-order valence-electron chi connectivity index (χ4n) is 3.71. The molecule has 0 unspecified atom stereocenters. The minimum absolute atomic E-state index is 0. The zero-order valence-corrected chi connectivity index (χ0v) is 19.3. The van der Waals surface area contributed by atoms with Crippen LogP contribution in [0.25, 0.3) is 22.3 Å². The SMILES string of the molecule is Cl.Nc1ncc(-c2ccc(-c3ccccc3S(=O)(=O)C3CCS(=O)(=O)CC3)cc2F)cn1. The smallest absolute Gasteiger partial charge is 0.219 e. The molecule has 0 atom stereocenters. The van der Waals surface area contributed by atoms with Crippen LogP contribution in [0.4, 0.5) is 10.3 Å². The second-order valence-corrected chi connectivity index (χ2v) is 11.9. The maximum Gasteiger partial charge on any atom is 0.219 e. The molecular weight excluding hydrogens is 477 g/mol. The van der Waals surface area contributed by atoms with Gasteiger partial charge in [0, 0.05) is 29.1 Å². The van der Waals surface area contributed by atoms with Crippen LogP contribution in [-0.4, -0.2) is 43.6 Å². The first kappa shape index (κ1) is 24.1. The van der Waals surface area contributed by atoms with Gasteiger partial charge in [0.15, 0.2) is 9.84 Å². The molecule has 1 saturated heterocycles. The third-order valence-corrected chi connectivity index (χ3v) is 9.43. The van der Waals surface area contributed by atoms with E-state index in [9.17, 15) is 21.2 Å². The first-order valence-corrected chi connectivity index (χ1v) is 13.0. The van der Waals surface area contributed by atoms with Crippen molar-refractivity contribution in [3.05, 3.63) is 60.7 Å². The highest BCUT2D eigenvalue weighted by atomic mass is 35.5. The molecule has 0 radical (unpaired) electrons. The molecule has 170 valence electrons. The van der Waals surface area contributed by atoms with Crippen LogP contribution in [0.3, 0.4) is 0 Å². The van der Waals surface area contributed by atoms with E-state index in [0.717, 1.165) is 0 Å². The normalized spacial score (nSPS) is 16.3. The molecule has 0 spiro atoms. The molecule has 7 nitrogen and oxygen atoms in total. The van der Waals surface area contributed by atoms with Crippen LogP contribution in [0.2, 0.25) is 0 Å². The fourth-order valence-corrected chi connectivity index (χ4v) is 7.47. The van der Waals surface area contributed by atoms with Gasteiger partial charge in [-0.3, -0.25) is 0 Å². The third kappa shape index (κ3) is 4.77. The molecule has 2 N–H and O–H groups in total. The van der Waals surface area contributed by atoms with Crippen LogP contribution < -0.4 is 5.73 Å². The number of aromatic nitrogens is 2. The maximum atomic E-state index is 14.9. The van der Waals surface area contributed by atoms with E-state index in [-0.39, 0.29) is 53.2 Å². The number of hydrogen-bond donors (Lipinski definition) is 1. The lowest BCUT2D eigenvalue weighted by molar-refractivity contribution is 0.552. The Kier molecular flexibility index (Phi) is 6.87. The van der Waals surface area contributed by atoms with Gasteiger partial charge in [-0.15, -0.1) is 12.4 Å². The molecule has 32 heavy (non-hydrogen) atoms. The van der Waals surface area contributed by atoms with Gasteiger partial charge >= 0.3 is 0 Å². The summed E-state index contributed by atoms with van der Waals surface area (Å²) >= 11 is 0. The van der Waals surface area contributed by atoms with Gasteiger partial charge in [-0.1, -0.05) is 30.3 Å². The number of rotatable bonds is 4. The number of sulfone groups is 2. The second-order valence-electron chi connectivity index (χ2n) is 7.42. The standard InChI is InChI=1S/C21H20FN3O4S2.ClH/c22-19-11-14(5-6-17(19)15-12-24-21(23)25-13-15)18-3-1-2-4-20(18)31(28,29)16-7-9-30(26,27)10-8-16;/h1-6,11-13,16H,7-10H2,(H2,23,24,25);1H. The summed E-state index contributed by atoms with van der Waals surface area (Å²) in [6.07, 6.45) is 2.94. The lowest BCUT2D eigenvalue weighted by Gasteiger charge is -2.23. The zero-order valence-electron chi connectivity index (χ0n) is 16.8. The summed E-state index contributed by atoms with van der Waals surface area (Å²) in [6, 6.07) is 10.8. The van der Waals surface area contributed by atoms with Crippen LogP contribution in [0, 0.1) is 5.82 Å². The molecule has 2 heterocycles. The van der Waals surface area contributed by atoms with E-state index in [1.807, 2.05) is 0 Å². The van der Waals surface area contributed by atoms with Gasteiger partial charge in [0.2, 0.25) is 5.95 Å². The molecule has 0 aliphatic carbocycles. The number of benzene rings is 2. The molecule has 1 aliphatic rings. The van der Waals surface area contributed by atoms with E-state index in [2.05, 4.69) is 9.97 Å². The number of nitrogens with zero attached hydrogens (tertiary/aromatic N) is 2. The van der Waals surface area contributed by atoms with Gasteiger partial charge in [0.1, 0.15) is 15.7 Å². The van der Waals surface area contributed by atoms with E-state index >= 15 is 0 Å². The minimum atomic E-state index is -3.79. The van der Waals surface area contributed by atoms with Crippen LogP contribution >= 0.6 is 12.4 Å². The largest absolute Gasteiger partial charge is 0.368 e. The molecular formula is C21H21ClFN3O4S2. The summed E-state index contributed by atoms with van der Waals surface area (Å²) < 4.78 is 64.9. The number of anilines is 1. The van der Waals surface area contributed by atoms with Gasteiger partial charge in [-0.05, 0) is 30.5 Å². The van der Waals surface area contributed by atoms with Gasteiger partial charge < -0.3 is 5.73 Å². The minimum Gasteiger partial charge on any atom is -0.368 e. The summed E-state index contributed by atoms with van der Waals surface area (Å²) in [5.74, 6) is -0.768. The monoisotopic (exact) mass is 497 g/mol. The van der Waals surface area contributed by atoms with E-state index in [1.165, 1.54) is 30.6 Å². The Balaban J connectivity index is 0.00000289. The molecule has 0 amide bonds. The van der Waals surface area contributed by atoms with Crippen molar-refractivity contribution < 1.29 is 21.2 Å². The Bertz CT molecular complexity index is 1330. The molecule has 4 rings (SSSR count). The van der Waals surface area contributed by atoms with Crippen LogP contribution in [0.1, 0.15) is 12.8 Å². The third-order valence-electron chi connectivity index (χ3n) is 5.40. The van der Waals surface area contributed by atoms with E-state index in [4.69, 9.17) is 5.73 Å². The Morgan fingerprint density at radius 2 is 1.56 bits per heavy atom. The summed E-state index contributed by atoms with van der Waals surface area (Å²) in [6.45, 7) is 0. The van der Waals surface area contributed by atoms with E-state index in [1.54, 1.807) is 24.3 Å². The lowest BCUT2D eigenvalue weighted by atomic mass is 10.0. The highest BCUT2D eigenvalue weighted by Crippen LogP contribution is 2.35. The Morgan fingerprint density at radius 3 is 2.19 bits per heavy atom. The van der Waals surface area contributed by atoms with Crippen molar-refractivity contribution in [1.29, 1.82) is 0 Å². The van der Waals surface area contributed by atoms with Crippen molar-refractivity contribution >= 4 is 38.0 Å². The summed E-state index contributed by atoms with van der Waals surface area (Å²) in [5, 5.41) is -0.784. The van der Waals surface area contributed by atoms with Crippen LogP contribution in [0.15, 0.2) is 59.8 Å². The number of hydrogen-bond acceptors (Lipinski definition) is 7. The first-order chi connectivity index (χ1) is 14.7. The quantitative estimate of drug-likeness (QED) is 0.587. The highest BCUT2D eigenvalue weighted by molar-refractivity contribution is 7.93. The summed E-state index contributed by atoms with van der Waals surface area (Å²) in [7, 11) is -6.98. The first-order valence-electron chi connectivity index (χ1n) is 9.58. The van der Waals surface area contributed by atoms with Gasteiger partial charge in [-0.2, -0.15) is 0 Å². The molecule has 1 fully saturated rings. The average Bonchev–Trinajstić information content (AvgIpc) is 2.74. The predicted octanol–water partition coefficient (Wildman–Crippen LogP) is 3.30. The Hall–Kier alpha value is -2.56. The zero-order chi connectivity index (χ0) is 22.2. The second kappa shape index (κ2) is 9.13. The predicted molar refractivity (Wildman–Crippen MR) is 123 cm³/mol. The van der Waals surface area contributed by atoms with Crippen LogP contribution in [-0.2, 0) is 19.7 Å². The number of nitrogen functional groups attached to an aromatic ring is 1. The molecule has 1 aliphatic heterocycles. The van der Waals surface area contributed by atoms with Gasteiger partial charge in [0.25, 0.3) is 0 Å². The Morgan fingerprint density at radius 1 is 0.938 bits per heavy atom. The van der Waals surface area contributed by atoms with E-state index in [0.29, 0.717) is 16.7 Å². The number of halogens is 2. The molecule has 11 heteroatoms. The van der Waals surface area contributed by atoms with Crippen molar-refractivity contribution in [2.24, 2.45) is 0 Å². The van der Waals surface area contributed by atoms with Crippen molar-refractivity contribution in [1.82, 2.24) is 9.97 Å².